The number of aromatic nitrogens is 1. The molecule has 0 fully saturated rings. The van der Waals surface area contributed by atoms with Crippen LogP contribution >= 0.6 is 0 Å². The average molecular weight is 257 g/mol. The van der Waals surface area contributed by atoms with Gasteiger partial charge >= 0.3 is 6.03 Å². The van der Waals surface area contributed by atoms with E-state index in [1.54, 1.807) is 0 Å². The molecule has 3 rings (SSSR count). The van der Waals surface area contributed by atoms with Crippen molar-refractivity contribution in [1.29, 1.82) is 0 Å². The molecule has 1 aliphatic heterocycles. The number of carbonyl (C=O) groups is 1. The van der Waals surface area contributed by atoms with Crippen LogP contribution in [0.25, 0.3) is 10.9 Å². The van der Waals surface area contributed by atoms with E-state index < -0.39 is 6.03 Å². The Kier molecular flexibility index (Phi) is 2.63. The highest BCUT2D eigenvalue weighted by atomic mass is 16.2. The number of benzene rings is 1. The van der Waals surface area contributed by atoms with Crippen LogP contribution in [0.4, 0.5) is 4.79 Å². The molecule has 0 radical (unpaired) electrons. The molecule has 2 aromatic rings. The Morgan fingerprint density at radius 3 is 2.89 bits per heavy atom. The van der Waals surface area contributed by atoms with E-state index >= 15 is 0 Å². The lowest BCUT2D eigenvalue weighted by Gasteiger charge is -2.27. The van der Waals surface area contributed by atoms with Crippen molar-refractivity contribution >= 4 is 22.9 Å². The summed E-state index contributed by atoms with van der Waals surface area (Å²) in [5, 5.41) is 1.25. The number of hydrogen-bond donors (Lipinski definition) is 3. The number of primary amides is 1. The lowest BCUT2D eigenvalue weighted by molar-refractivity contribution is 0.256. The Hall–Kier alpha value is -2.50. The number of nitrogens with two attached hydrogens (primary N) is 2. The molecule has 0 bridgehead atoms. The van der Waals surface area contributed by atoms with E-state index in [1.807, 2.05) is 17.0 Å². The van der Waals surface area contributed by atoms with Crippen LogP contribution in [0.15, 0.2) is 29.3 Å². The third kappa shape index (κ3) is 2.01. The van der Waals surface area contributed by atoms with Crippen molar-refractivity contribution in [3.8, 4) is 0 Å². The number of guanidine groups is 1. The van der Waals surface area contributed by atoms with Crippen molar-refractivity contribution in [2.24, 2.45) is 16.5 Å². The molecule has 0 saturated heterocycles. The maximum atomic E-state index is 10.8. The molecular formula is C13H15N5O. The largest absolute Gasteiger partial charge is 0.369 e. The van der Waals surface area contributed by atoms with Gasteiger partial charge in [-0.1, -0.05) is 18.2 Å². The zero-order chi connectivity index (χ0) is 13.4. The number of urea groups is 1. The minimum Gasteiger partial charge on any atom is -0.369 e. The minimum absolute atomic E-state index is 0.178. The van der Waals surface area contributed by atoms with Gasteiger partial charge in [-0.05, 0) is 18.1 Å². The summed E-state index contributed by atoms with van der Waals surface area (Å²) in [6.45, 7) is 1.35. The van der Waals surface area contributed by atoms with Crippen molar-refractivity contribution in [3.63, 3.8) is 0 Å². The molecule has 0 spiro atoms. The van der Waals surface area contributed by atoms with Crippen LogP contribution in [0.5, 0.6) is 0 Å². The normalized spacial score (nSPS) is 15.6. The Bertz CT molecular complexity index is 673. The Morgan fingerprint density at radius 1 is 1.32 bits per heavy atom. The highest BCUT2D eigenvalue weighted by Gasteiger charge is 2.21. The Morgan fingerprint density at radius 2 is 2.11 bits per heavy atom. The van der Waals surface area contributed by atoms with Gasteiger partial charge in [-0.3, -0.25) is 0 Å². The molecule has 0 saturated carbocycles. The fourth-order valence-electron chi connectivity index (χ4n) is 2.57. The van der Waals surface area contributed by atoms with E-state index in [4.69, 9.17) is 11.5 Å². The molecule has 98 valence electrons. The van der Waals surface area contributed by atoms with Crippen molar-refractivity contribution in [3.05, 3.63) is 35.5 Å². The number of amides is 2. The van der Waals surface area contributed by atoms with Crippen LogP contribution in [-0.4, -0.2) is 28.4 Å². The fraction of sp³-hybridized carbons (Fsp3) is 0.231. The van der Waals surface area contributed by atoms with Crippen LogP contribution in [0.2, 0.25) is 0 Å². The van der Waals surface area contributed by atoms with Crippen LogP contribution in [0.1, 0.15) is 11.3 Å². The SMILES string of the molecule is NC(=O)/N=C(\N)N1CCc2c([nH]c3ccccc23)C1. The number of nitrogens with one attached hydrogen (secondary N) is 1. The molecule has 19 heavy (non-hydrogen) atoms. The van der Waals surface area contributed by atoms with Crippen LogP contribution in [0.3, 0.4) is 0 Å². The fourth-order valence-corrected chi connectivity index (χ4v) is 2.57. The summed E-state index contributed by atoms with van der Waals surface area (Å²) in [5.74, 6) is 0.178. The van der Waals surface area contributed by atoms with Gasteiger partial charge in [0.05, 0.1) is 6.54 Å². The molecule has 6 heteroatoms. The average Bonchev–Trinajstić information content (AvgIpc) is 2.75. The first-order valence-corrected chi connectivity index (χ1v) is 6.12. The topological polar surface area (TPSA) is 100 Å². The standard InChI is InChI=1S/C13H15N5O/c14-12(17-13(15)19)18-6-5-9-8-3-1-2-4-10(8)16-11(9)7-18/h1-4,16H,5-7H2,(H4,14,15,17,19). The third-order valence-corrected chi connectivity index (χ3v) is 3.43. The number of nitrogens with zero attached hydrogens (tertiary/aromatic N) is 2. The second-order valence-corrected chi connectivity index (χ2v) is 4.61. The van der Waals surface area contributed by atoms with E-state index in [9.17, 15) is 4.79 Å². The van der Waals surface area contributed by atoms with E-state index in [1.165, 1.54) is 10.9 Å². The molecule has 1 aliphatic rings. The number of carbonyl (C=O) groups excluding carboxylic acids is 1. The number of hydrogen-bond acceptors (Lipinski definition) is 1. The van der Waals surface area contributed by atoms with E-state index in [0.29, 0.717) is 6.54 Å². The lowest BCUT2D eigenvalue weighted by Crippen LogP contribution is -2.41. The van der Waals surface area contributed by atoms with Gasteiger partial charge in [0.25, 0.3) is 0 Å². The van der Waals surface area contributed by atoms with Gasteiger partial charge in [0.1, 0.15) is 0 Å². The first-order chi connectivity index (χ1) is 9.15. The summed E-state index contributed by atoms with van der Waals surface area (Å²) in [6.07, 6.45) is 0.869. The van der Waals surface area contributed by atoms with Crippen molar-refractivity contribution in [2.45, 2.75) is 13.0 Å². The maximum Gasteiger partial charge on any atom is 0.341 e. The zero-order valence-corrected chi connectivity index (χ0v) is 10.4. The first-order valence-electron chi connectivity index (χ1n) is 6.12. The van der Waals surface area contributed by atoms with Crippen LogP contribution in [-0.2, 0) is 13.0 Å². The Balaban J connectivity index is 1.94. The summed E-state index contributed by atoms with van der Waals surface area (Å²) in [7, 11) is 0. The number of aromatic amines is 1. The zero-order valence-electron chi connectivity index (χ0n) is 10.4. The van der Waals surface area contributed by atoms with Crippen LogP contribution in [0, 0.1) is 0 Å². The molecule has 0 unspecified atom stereocenters. The molecule has 2 amide bonds. The van der Waals surface area contributed by atoms with Gasteiger partial charge in [0.15, 0.2) is 0 Å². The predicted molar refractivity (Wildman–Crippen MR) is 73.6 cm³/mol. The predicted octanol–water partition coefficient (Wildman–Crippen LogP) is 0.919. The number of rotatable bonds is 0. The molecule has 0 aliphatic carbocycles. The molecule has 0 atom stereocenters. The van der Waals surface area contributed by atoms with E-state index in [-0.39, 0.29) is 5.96 Å². The van der Waals surface area contributed by atoms with Crippen molar-refractivity contribution < 1.29 is 4.79 Å². The summed E-state index contributed by atoms with van der Waals surface area (Å²) in [4.78, 5) is 19.6. The highest BCUT2D eigenvalue weighted by Crippen LogP contribution is 2.27. The van der Waals surface area contributed by atoms with E-state index in [0.717, 1.165) is 24.2 Å². The highest BCUT2D eigenvalue weighted by molar-refractivity contribution is 5.91. The summed E-state index contributed by atoms with van der Waals surface area (Å²) < 4.78 is 0. The van der Waals surface area contributed by atoms with Gasteiger partial charge in [-0.25, -0.2) is 4.79 Å². The summed E-state index contributed by atoms with van der Waals surface area (Å²) >= 11 is 0. The summed E-state index contributed by atoms with van der Waals surface area (Å²) in [6, 6.07) is 7.44. The molecule has 1 aromatic heterocycles. The van der Waals surface area contributed by atoms with Crippen molar-refractivity contribution in [2.75, 3.05) is 6.54 Å². The number of fused-ring (bicyclic) bond motifs is 3. The first kappa shape index (κ1) is 11.6. The second-order valence-electron chi connectivity index (χ2n) is 4.61. The van der Waals surface area contributed by atoms with Gasteiger partial charge in [-0.2, -0.15) is 4.99 Å². The Labute approximate surface area is 110 Å². The number of H-pyrrole nitrogens is 1. The molecular weight excluding hydrogens is 242 g/mol. The molecule has 2 heterocycles. The van der Waals surface area contributed by atoms with Gasteiger partial charge in [-0.15, -0.1) is 0 Å². The van der Waals surface area contributed by atoms with Gasteiger partial charge in [0, 0.05) is 23.1 Å². The van der Waals surface area contributed by atoms with Crippen LogP contribution < -0.4 is 11.5 Å². The van der Waals surface area contributed by atoms with Gasteiger partial charge in [0.2, 0.25) is 5.96 Å². The lowest BCUT2D eigenvalue weighted by atomic mass is 10.0. The minimum atomic E-state index is -0.764. The quantitative estimate of drug-likeness (QED) is 0.483. The summed E-state index contributed by atoms with van der Waals surface area (Å²) in [5.41, 5.74) is 14.3. The number of aliphatic imine (C=N–C) groups is 1. The number of para-hydroxylation sites is 1. The molecule has 1 aromatic carbocycles. The maximum absolute atomic E-state index is 10.8. The monoisotopic (exact) mass is 257 g/mol. The smallest absolute Gasteiger partial charge is 0.341 e. The van der Waals surface area contributed by atoms with E-state index in [2.05, 4.69) is 22.1 Å². The molecule has 6 nitrogen and oxygen atoms in total. The third-order valence-electron chi connectivity index (χ3n) is 3.43. The van der Waals surface area contributed by atoms with Crippen molar-refractivity contribution in [1.82, 2.24) is 9.88 Å². The molecule has 5 N–H and O–H groups in total. The van der Waals surface area contributed by atoms with Gasteiger partial charge < -0.3 is 21.4 Å². The second kappa shape index (κ2) is 4.31.